The van der Waals surface area contributed by atoms with Crippen molar-refractivity contribution in [2.45, 2.75) is 44.7 Å². The van der Waals surface area contributed by atoms with Crippen LogP contribution in [0.4, 0.5) is 4.79 Å². The molecule has 0 bridgehead atoms. The summed E-state index contributed by atoms with van der Waals surface area (Å²) in [6.45, 7) is 3.61. The molecule has 4 amide bonds. The number of nitrogens with one attached hydrogen (secondary N) is 2. The Kier molecular flexibility index (Phi) is 3.83. The van der Waals surface area contributed by atoms with E-state index in [1.165, 1.54) is 0 Å². The molecule has 122 valence electrons. The molecule has 0 radical (unpaired) electrons. The number of aryl methyl sites for hydroxylation is 1. The Morgan fingerprint density at radius 2 is 2.13 bits per heavy atom. The molecule has 1 spiro atoms. The predicted molar refractivity (Wildman–Crippen MR) is 84.6 cm³/mol. The van der Waals surface area contributed by atoms with Crippen molar-refractivity contribution in [1.82, 2.24) is 15.5 Å². The first-order chi connectivity index (χ1) is 11.0. The molecule has 2 aliphatic rings. The Morgan fingerprint density at radius 3 is 2.87 bits per heavy atom. The highest BCUT2D eigenvalue weighted by molar-refractivity contribution is 6.09. The lowest BCUT2D eigenvalue weighted by Gasteiger charge is -2.22. The molecule has 1 aromatic rings. The Labute approximate surface area is 135 Å². The smallest absolute Gasteiger partial charge is 0.325 e. The van der Waals surface area contributed by atoms with Gasteiger partial charge in [-0.05, 0) is 37.3 Å². The first-order valence-electron chi connectivity index (χ1n) is 8.00. The average molecular weight is 315 g/mol. The monoisotopic (exact) mass is 315 g/mol. The Morgan fingerprint density at radius 1 is 1.39 bits per heavy atom. The molecular formula is C17H21N3O3. The van der Waals surface area contributed by atoms with Crippen molar-refractivity contribution in [3.05, 3.63) is 35.4 Å². The zero-order chi connectivity index (χ0) is 16.6. The fourth-order valence-corrected chi connectivity index (χ4v) is 3.30. The van der Waals surface area contributed by atoms with Crippen molar-refractivity contribution >= 4 is 17.8 Å². The summed E-state index contributed by atoms with van der Waals surface area (Å²) in [4.78, 5) is 38.2. The second kappa shape index (κ2) is 5.68. The van der Waals surface area contributed by atoms with Gasteiger partial charge in [0.2, 0.25) is 5.91 Å². The van der Waals surface area contributed by atoms with Crippen molar-refractivity contribution < 1.29 is 14.4 Å². The minimum absolute atomic E-state index is 0.0180. The summed E-state index contributed by atoms with van der Waals surface area (Å²) in [6, 6.07) is 7.17. The molecule has 1 fully saturated rings. The van der Waals surface area contributed by atoms with E-state index in [1.807, 2.05) is 38.1 Å². The van der Waals surface area contributed by atoms with Crippen LogP contribution in [0.3, 0.4) is 0 Å². The quantitative estimate of drug-likeness (QED) is 0.822. The van der Waals surface area contributed by atoms with E-state index >= 15 is 0 Å². The zero-order valence-electron chi connectivity index (χ0n) is 13.4. The van der Waals surface area contributed by atoms with Gasteiger partial charge in [0.05, 0.1) is 0 Å². The highest BCUT2D eigenvalue weighted by Crippen LogP contribution is 2.41. The molecule has 6 heteroatoms. The fourth-order valence-electron chi connectivity index (χ4n) is 3.30. The van der Waals surface area contributed by atoms with Crippen LogP contribution < -0.4 is 10.6 Å². The third-order valence-corrected chi connectivity index (χ3v) is 4.74. The summed E-state index contributed by atoms with van der Waals surface area (Å²) in [6.07, 6.45) is 2.08. The van der Waals surface area contributed by atoms with Crippen LogP contribution in [0, 0.1) is 0 Å². The number of amides is 4. The molecule has 6 nitrogen and oxygen atoms in total. The number of imide groups is 1. The lowest BCUT2D eigenvalue weighted by Crippen LogP contribution is -2.45. The van der Waals surface area contributed by atoms with E-state index in [9.17, 15) is 14.4 Å². The van der Waals surface area contributed by atoms with E-state index in [4.69, 9.17) is 0 Å². The number of carbonyl (C=O) groups excluding carboxylic acids is 3. The third-order valence-electron chi connectivity index (χ3n) is 4.74. The van der Waals surface area contributed by atoms with E-state index < -0.39 is 11.6 Å². The molecule has 1 aliphatic heterocycles. The van der Waals surface area contributed by atoms with E-state index in [0.29, 0.717) is 6.42 Å². The third kappa shape index (κ3) is 2.48. The van der Waals surface area contributed by atoms with Gasteiger partial charge in [-0.3, -0.25) is 14.5 Å². The van der Waals surface area contributed by atoms with Crippen LogP contribution >= 0.6 is 0 Å². The summed E-state index contributed by atoms with van der Waals surface area (Å²) >= 11 is 0. The maximum absolute atomic E-state index is 12.9. The van der Waals surface area contributed by atoms with Gasteiger partial charge in [-0.1, -0.05) is 31.2 Å². The van der Waals surface area contributed by atoms with Crippen LogP contribution in [0.25, 0.3) is 0 Å². The molecule has 1 saturated heterocycles. The second-order valence-corrected chi connectivity index (χ2v) is 6.26. The molecule has 23 heavy (non-hydrogen) atoms. The SMILES string of the molecule is CC[C@H](C)NC(=O)CN1C(=O)N[C@@]2(CCc3ccccc32)C1=O. The lowest BCUT2D eigenvalue weighted by molar-refractivity contribution is -0.135. The number of hydrogen-bond acceptors (Lipinski definition) is 3. The molecule has 2 N–H and O–H groups in total. The molecule has 1 aliphatic carbocycles. The molecule has 1 aromatic carbocycles. The van der Waals surface area contributed by atoms with Crippen LogP contribution in [0.1, 0.15) is 37.8 Å². The van der Waals surface area contributed by atoms with Gasteiger partial charge in [0, 0.05) is 6.04 Å². The van der Waals surface area contributed by atoms with Crippen molar-refractivity contribution in [3.8, 4) is 0 Å². The summed E-state index contributed by atoms with van der Waals surface area (Å²) in [5, 5.41) is 5.60. The van der Waals surface area contributed by atoms with Crippen LogP contribution in [-0.4, -0.2) is 35.3 Å². The fraction of sp³-hybridized carbons (Fsp3) is 0.471. The average Bonchev–Trinajstić information content (AvgIpc) is 3.02. The summed E-state index contributed by atoms with van der Waals surface area (Å²) < 4.78 is 0. The molecule has 2 atom stereocenters. The van der Waals surface area contributed by atoms with Crippen molar-refractivity contribution in [2.75, 3.05) is 6.54 Å². The first-order valence-corrected chi connectivity index (χ1v) is 8.00. The normalized spacial score (nSPS) is 23.8. The van der Waals surface area contributed by atoms with Crippen molar-refractivity contribution in [1.29, 1.82) is 0 Å². The maximum atomic E-state index is 12.9. The summed E-state index contributed by atoms with van der Waals surface area (Å²) in [7, 11) is 0. The minimum Gasteiger partial charge on any atom is -0.352 e. The largest absolute Gasteiger partial charge is 0.352 e. The standard InChI is InChI=1S/C17H21N3O3/c1-3-11(2)18-14(21)10-20-15(22)17(19-16(20)23)9-8-12-6-4-5-7-13(12)17/h4-7,11H,3,8-10H2,1-2H3,(H,18,21)(H,19,23)/t11-,17+/m0/s1. The van der Waals surface area contributed by atoms with Crippen LogP contribution in [0.5, 0.6) is 0 Å². The maximum Gasteiger partial charge on any atom is 0.325 e. The molecule has 0 unspecified atom stereocenters. The Hall–Kier alpha value is -2.37. The summed E-state index contributed by atoms with van der Waals surface area (Å²) in [5.74, 6) is -0.641. The molecule has 3 rings (SSSR count). The van der Waals surface area contributed by atoms with Crippen LogP contribution in [-0.2, 0) is 21.5 Å². The van der Waals surface area contributed by atoms with Gasteiger partial charge in [-0.15, -0.1) is 0 Å². The second-order valence-electron chi connectivity index (χ2n) is 6.26. The number of rotatable bonds is 4. The van der Waals surface area contributed by atoms with Gasteiger partial charge in [0.1, 0.15) is 12.1 Å². The van der Waals surface area contributed by atoms with Gasteiger partial charge in [0.25, 0.3) is 5.91 Å². The lowest BCUT2D eigenvalue weighted by atomic mass is 9.92. The molecule has 0 aromatic heterocycles. The van der Waals surface area contributed by atoms with Gasteiger partial charge >= 0.3 is 6.03 Å². The molecular weight excluding hydrogens is 294 g/mol. The van der Waals surface area contributed by atoms with Crippen LogP contribution in [0.2, 0.25) is 0 Å². The number of nitrogens with zero attached hydrogens (tertiary/aromatic N) is 1. The van der Waals surface area contributed by atoms with Gasteiger partial charge in [0.15, 0.2) is 0 Å². The Balaban J connectivity index is 1.80. The predicted octanol–water partition coefficient (Wildman–Crippen LogP) is 1.29. The molecule has 1 heterocycles. The summed E-state index contributed by atoms with van der Waals surface area (Å²) in [5.41, 5.74) is 0.930. The van der Waals surface area contributed by atoms with Crippen molar-refractivity contribution in [2.24, 2.45) is 0 Å². The number of hydrogen-bond donors (Lipinski definition) is 2. The van der Waals surface area contributed by atoms with Gasteiger partial charge in [-0.2, -0.15) is 0 Å². The zero-order valence-corrected chi connectivity index (χ0v) is 13.4. The van der Waals surface area contributed by atoms with Gasteiger partial charge in [-0.25, -0.2) is 4.79 Å². The van der Waals surface area contributed by atoms with E-state index in [-0.39, 0.29) is 24.4 Å². The highest BCUT2D eigenvalue weighted by atomic mass is 16.2. The highest BCUT2D eigenvalue weighted by Gasteiger charge is 2.55. The molecule has 0 saturated carbocycles. The minimum atomic E-state index is -0.996. The number of fused-ring (bicyclic) bond motifs is 2. The number of carbonyl (C=O) groups is 3. The Bertz CT molecular complexity index is 673. The first kappa shape index (κ1) is 15.5. The number of urea groups is 1. The van der Waals surface area contributed by atoms with Crippen molar-refractivity contribution in [3.63, 3.8) is 0 Å². The van der Waals surface area contributed by atoms with E-state index in [0.717, 1.165) is 28.9 Å². The topological polar surface area (TPSA) is 78.5 Å². The van der Waals surface area contributed by atoms with E-state index in [1.54, 1.807) is 0 Å². The van der Waals surface area contributed by atoms with E-state index in [2.05, 4.69) is 10.6 Å². The number of benzene rings is 1. The van der Waals surface area contributed by atoms with Gasteiger partial charge < -0.3 is 10.6 Å². The van der Waals surface area contributed by atoms with Crippen LogP contribution in [0.15, 0.2) is 24.3 Å².